The van der Waals surface area contributed by atoms with Gasteiger partial charge >= 0.3 is 5.97 Å². The molecule has 0 aromatic heterocycles. The summed E-state index contributed by atoms with van der Waals surface area (Å²) in [6.45, 7) is 4.09. The van der Waals surface area contributed by atoms with Crippen molar-refractivity contribution in [1.82, 2.24) is 5.32 Å². The number of piperidine rings is 1. The van der Waals surface area contributed by atoms with E-state index in [0.717, 1.165) is 25.9 Å². The van der Waals surface area contributed by atoms with Crippen molar-refractivity contribution in [3.05, 3.63) is 33.9 Å². The molecular formula is C19H25N3O6. The molecule has 2 N–H and O–H groups in total. The van der Waals surface area contributed by atoms with E-state index < -0.39 is 22.3 Å². The minimum absolute atomic E-state index is 0.0768. The van der Waals surface area contributed by atoms with Crippen LogP contribution in [0.3, 0.4) is 0 Å². The SMILES string of the molecule is CC1CCN(c2ccc(C(=O)NC3(C(=O)O)CCOCC3)cc2[N+](=O)[O-])CC1. The molecule has 2 fully saturated rings. The number of rotatable bonds is 5. The van der Waals surface area contributed by atoms with Crippen molar-refractivity contribution in [1.29, 1.82) is 0 Å². The Morgan fingerprint density at radius 2 is 1.93 bits per heavy atom. The van der Waals surface area contributed by atoms with Crippen LogP contribution in [-0.2, 0) is 9.53 Å². The lowest BCUT2D eigenvalue weighted by molar-refractivity contribution is -0.384. The molecule has 1 aromatic rings. The van der Waals surface area contributed by atoms with E-state index in [-0.39, 0.29) is 37.3 Å². The molecule has 0 spiro atoms. The van der Waals surface area contributed by atoms with Gasteiger partial charge in [0.05, 0.1) is 4.92 Å². The Bertz CT molecular complexity index is 767. The zero-order chi connectivity index (χ0) is 20.3. The molecule has 1 aromatic carbocycles. The Kier molecular flexibility index (Phi) is 5.83. The second-order valence-electron chi connectivity index (χ2n) is 7.58. The summed E-state index contributed by atoms with van der Waals surface area (Å²) >= 11 is 0. The van der Waals surface area contributed by atoms with E-state index in [9.17, 15) is 24.8 Å². The van der Waals surface area contributed by atoms with Crippen molar-refractivity contribution in [2.45, 2.75) is 38.1 Å². The smallest absolute Gasteiger partial charge is 0.329 e. The summed E-state index contributed by atoms with van der Waals surface area (Å²) < 4.78 is 5.19. The van der Waals surface area contributed by atoms with Crippen LogP contribution in [0.2, 0.25) is 0 Å². The van der Waals surface area contributed by atoms with E-state index in [0.29, 0.717) is 11.6 Å². The molecule has 9 heteroatoms. The highest BCUT2D eigenvalue weighted by Gasteiger charge is 2.42. The van der Waals surface area contributed by atoms with E-state index in [1.54, 1.807) is 6.07 Å². The number of ether oxygens (including phenoxy) is 1. The maximum atomic E-state index is 12.7. The Morgan fingerprint density at radius 1 is 1.29 bits per heavy atom. The van der Waals surface area contributed by atoms with Gasteiger partial charge < -0.3 is 20.1 Å². The van der Waals surface area contributed by atoms with Gasteiger partial charge in [0, 0.05) is 50.8 Å². The van der Waals surface area contributed by atoms with Crippen molar-refractivity contribution < 1.29 is 24.4 Å². The van der Waals surface area contributed by atoms with E-state index in [2.05, 4.69) is 12.2 Å². The molecule has 2 aliphatic rings. The number of carboxylic acid groups (broad SMARTS) is 1. The Balaban J connectivity index is 1.84. The van der Waals surface area contributed by atoms with Gasteiger partial charge in [0.15, 0.2) is 0 Å². The number of carboxylic acids is 1. The first-order valence-corrected chi connectivity index (χ1v) is 9.49. The van der Waals surface area contributed by atoms with E-state index in [4.69, 9.17) is 4.74 Å². The first-order chi connectivity index (χ1) is 13.3. The fraction of sp³-hybridized carbons (Fsp3) is 0.579. The minimum atomic E-state index is -1.41. The van der Waals surface area contributed by atoms with Crippen LogP contribution < -0.4 is 10.2 Å². The average Bonchev–Trinajstić information content (AvgIpc) is 2.68. The van der Waals surface area contributed by atoms with Crippen LogP contribution in [-0.4, -0.2) is 53.7 Å². The molecule has 3 rings (SSSR count). The molecule has 2 heterocycles. The largest absolute Gasteiger partial charge is 0.480 e. The topological polar surface area (TPSA) is 122 Å². The number of hydrogen-bond acceptors (Lipinski definition) is 6. The third-order valence-corrected chi connectivity index (χ3v) is 5.67. The Labute approximate surface area is 162 Å². The van der Waals surface area contributed by atoms with Crippen molar-refractivity contribution in [2.24, 2.45) is 5.92 Å². The number of hydrogen-bond donors (Lipinski definition) is 2. The maximum Gasteiger partial charge on any atom is 0.329 e. The third-order valence-electron chi connectivity index (χ3n) is 5.67. The molecule has 2 aliphatic heterocycles. The Morgan fingerprint density at radius 3 is 2.50 bits per heavy atom. The third kappa shape index (κ3) is 4.09. The zero-order valence-electron chi connectivity index (χ0n) is 15.8. The zero-order valence-corrected chi connectivity index (χ0v) is 15.8. The molecule has 0 radical (unpaired) electrons. The fourth-order valence-electron chi connectivity index (χ4n) is 3.73. The van der Waals surface area contributed by atoms with Crippen LogP contribution in [0, 0.1) is 16.0 Å². The van der Waals surface area contributed by atoms with Crippen LogP contribution in [0.5, 0.6) is 0 Å². The van der Waals surface area contributed by atoms with Crippen molar-refractivity contribution in [3.63, 3.8) is 0 Å². The molecule has 2 saturated heterocycles. The number of benzene rings is 1. The monoisotopic (exact) mass is 391 g/mol. The fourth-order valence-corrected chi connectivity index (χ4v) is 3.73. The van der Waals surface area contributed by atoms with Crippen molar-refractivity contribution in [2.75, 3.05) is 31.2 Å². The summed E-state index contributed by atoms with van der Waals surface area (Å²) in [5, 5.41) is 23.7. The molecule has 0 bridgehead atoms. The number of nitro groups is 1. The molecule has 0 unspecified atom stereocenters. The van der Waals surface area contributed by atoms with E-state index >= 15 is 0 Å². The molecule has 152 valence electrons. The van der Waals surface area contributed by atoms with E-state index in [1.165, 1.54) is 12.1 Å². The summed E-state index contributed by atoms with van der Waals surface area (Å²) in [6.07, 6.45) is 2.23. The summed E-state index contributed by atoms with van der Waals surface area (Å²) in [7, 11) is 0. The van der Waals surface area contributed by atoms with Gasteiger partial charge in [0.1, 0.15) is 11.2 Å². The number of amides is 1. The summed E-state index contributed by atoms with van der Waals surface area (Å²) in [6, 6.07) is 4.34. The van der Waals surface area contributed by atoms with Crippen LogP contribution in [0.1, 0.15) is 43.0 Å². The van der Waals surface area contributed by atoms with E-state index in [1.807, 2.05) is 4.90 Å². The summed E-state index contributed by atoms with van der Waals surface area (Å²) in [5.74, 6) is -1.17. The number of carbonyl (C=O) groups is 2. The van der Waals surface area contributed by atoms with Crippen LogP contribution in [0.25, 0.3) is 0 Å². The number of nitro benzene ring substituents is 1. The molecule has 0 atom stereocenters. The van der Waals surface area contributed by atoms with Gasteiger partial charge in [-0.15, -0.1) is 0 Å². The second-order valence-corrected chi connectivity index (χ2v) is 7.58. The maximum absolute atomic E-state index is 12.7. The second kappa shape index (κ2) is 8.14. The van der Waals surface area contributed by atoms with Crippen LogP contribution in [0.4, 0.5) is 11.4 Å². The number of nitrogens with one attached hydrogen (secondary N) is 1. The highest BCUT2D eigenvalue weighted by atomic mass is 16.6. The lowest BCUT2D eigenvalue weighted by Gasteiger charge is -2.34. The lowest BCUT2D eigenvalue weighted by atomic mass is 9.89. The van der Waals surface area contributed by atoms with Gasteiger partial charge in [0.25, 0.3) is 11.6 Å². The summed E-state index contributed by atoms with van der Waals surface area (Å²) in [5.41, 5.74) is -0.981. The normalized spacial score (nSPS) is 19.8. The van der Waals surface area contributed by atoms with Gasteiger partial charge in [0.2, 0.25) is 0 Å². The first kappa shape index (κ1) is 20.1. The number of carbonyl (C=O) groups excluding carboxylic acids is 1. The molecule has 28 heavy (non-hydrogen) atoms. The Hall–Kier alpha value is -2.68. The van der Waals surface area contributed by atoms with Gasteiger partial charge in [-0.25, -0.2) is 4.79 Å². The predicted molar refractivity (Wildman–Crippen MR) is 102 cm³/mol. The highest BCUT2D eigenvalue weighted by Crippen LogP contribution is 2.32. The predicted octanol–water partition coefficient (Wildman–Crippen LogP) is 2.19. The van der Waals surface area contributed by atoms with Crippen LogP contribution >= 0.6 is 0 Å². The molecule has 1 amide bonds. The van der Waals surface area contributed by atoms with Gasteiger partial charge in [-0.05, 0) is 30.9 Å². The quantitative estimate of drug-likeness (QED) is 0.583. The van der Waals surface area contributed by atoms with Gasteiger partial charge in [-0.1, -0.05) is 6.92 Å². The summed E-state index contributed by atoms with van der Waals surface area (Å²) in [4.78, 5) is 37.5. The van der Waals surface area contributed by atoms with Crippen molar-refractivity contribution >= 4 is 23.3 Å². The lowest BCUT2D eigenvalue weighted by Crippen LogP contribution is -2.57. The number of anilines is 1. The molecule has 0 saturated carbocycles. The highest BCUT2D eigenvalue weighted by molar-refractivity contribution is 5.99. The molecule has 0 aliphatic carbocycles. The average molecular weight is 391 g/mol. The number of nitrogens with zero attached hydrogens (tertiary/aromatic N) is 2. The first-order valence-electron chi connectivity index (χ1n) is 9.49. The number of aliphatic carboxylic acids is 1. The molecular weight excluding hydrogens is 366 g/mol. The molecule has 9 nitrogen and oxygen atoms in total. The minimum Gasteiger partial charge on any atom is -0.480 e. The van der Waals surface area contributed by atoms with Crippen LogP contribution in [0.15, 0.2) is 18.2 Å². The van der Waals surface area contributed by atoms with Gasteiger partial charge in [-0.3, -0.25) is 14.9 Å². The standard InChI is InChI=1S/C19H25N3O6/c1-13-4-8-21(9-5-13)15-3-2-14(12-16(15)22(26)27)17(23)20-19(18(24)25)6-10-28-11-7-19/h2-3,12-13H,4-11H2,1H3,(H,20,23)(H,24,25). The van der Waals surface area contributed by atoms with Gasteiger partial charge in [-0.2, -0.15) is 0 Å². The van der Waals surface area contributed by atoms with Crippen molar-refractivity contribution in [3.8, 4) is 0 Å².